The molecular formula is C17H20N4S. The zero-order chi connectivity index (χ0) is 15.1. The third-order valence-corrected chi connectivity index (χ3v) is 5.08. The molecule has 0 spiro atoms. The van der Waals surface area contributed by atoms with Gasteiger partial charge in [0.05, 0.1) is 11.9 Å². The summed E-state index contributed by atoms with van der Waals surface area (Å²) in [5, 5.41) is 9.07. The summed E-state index contributed by atoms with van der Waals surface area (Å²) in [6.07, 6.45) is 4.61. The maximum atomic E-state index is 4.67. The molecule has 0 amide bonds. The summed E-state index contributed by atoms with van der Waals surface area (Å²) < 4.78 is 1.95. The number of nitrogens with zero attached hydrogens (tertiary/aromatic N) is 3. The van der Waals surface area contributed by atoms with Gasteiger partial charge in [-0.2, -0.15) is 0 Å². The Kier molecular flexibility index (Phi) is 3.37. The van der Waals surface area contributed by atoms with Gasteiger partial charge in [-0.15, -0.1) is 5.10 Å². The normalized spacial score (nSPS) is 14.9. The molecule has 4 nitrogen and oxygen atoms in total. The number of nitrogens with one attached hydrogen (secondary N) is 1. The molecule has 2 heterocycles. The first-order chi connectivity index (χ1) is 10.7. The molecule has 1 aliphatic carbocycles. The number of anilines is 1. The van der Waals surface area contributed by atoms with Crippen molar-refractivity contribution in [2.75, 3.05) is 11.9 Å². The lowest BCUT2D eigenvalue weighted by Crippen LogP contribution is -2.03. The van der Waals surface area contributed by atoms with Crippen LogP contribution in [0.15, 0.2) is 30.5 Å². The molecule has 1 N–H and O–H groups in total. The summed E-state index contributed by atoms with van der Waals surface area (Å²) >= 11 is 1.62. The minimum Gasteiger partial charge on any atom is -0.360 e. The second-order valence-corrected chi connectivity index (χ2v) is 7.30. The fraction of sp³-hybridized carbons (Fsp3) is 0.412. The number of hydrogen-bond acceptors (Lipinski definition) is 4. The quantitative estimate of drug-likeness (QED) is 0.759. The summed E-state index contributed by atoms with van der Waals surface area (Å²) in [5.41, 5.74) is 3.58. The molecule has 0 atom stereocenters. The molecule has 0 unspecified atom stereocenters. The molecule has 0 saturated heterocycles. The second kappa shape index (κ2) is 5.39. The highest BCUT2D eigenvalue weighted by Gasteiger charge is 2.21. The van der Waals surface area contributed by atoms with E-state index in [-0.39, 0.29) is 0 Å². The minimum atomic E-state index is 0.553. The zero-order valence-electron chi connectivity index (χ0n) is 12.9. The number of aromatic nitrogens is 3. The van der Waals surface area contributed by atoms with Crippen molar-refractivity contribution < 1.29 is 0 Å². The molecule has 1 aliphatic rings. The van der Waals surface area contributed by atoms with Crippen molar-refractivity contribution >= 4 is 21.4 Å². The van der Waals surface area contributed by atoms with E-state index in [1.54, 1.807) is 11.3 Å². The number of imidazole rings is 1. The van der Waals surface area contributed by atoms with Crippen molar-refractivity contribution in [3.05, 3.63) is 36.0 Å². The predicted molar refractivity (Wildman–Crippen MR) is 91.6 cm³/mol. The summed E-state index contributed by atoms with van der Waals surface area (Å²) in [5.74, 6) is 1.40. The van der Waals surface area contributed by atoms with Gasteiger partial charge in [0.25, 0.3) is 0 Å². The van der Waals surface area contributed by atoms with E-state index >= 15 is 0 Å². The standard InChI is InChI=1S/C17H20N4S/c1-11(2)13-5-7-14(8-6-13)15-10-19-17-21(15)20-16(22-17)18-9-12-3-4-12/h5-8,10-12H,3-4,9H2,1-2H3,(H,18,20). The first kappa shape index (κ1) is 13.8. The number of fused-ring (bicyclic) bond motifs is 1. The molecule has 1 saturated carbocycles. The lowest BCUT2D eigenvalue weighted by molar-refractivity contribution is 0.866. The van der Waals surface area contributed by atoms with Crippen LogP contribution >= 0.6 is 11.3 Å². The van der Waals surface area contributed by atoms with Gasteiger partial charge < -0.3 is 5.32 Å². The second-order valence-electron chi connectivity index (χ2n) is 6.35. The molecule has 1 aromatic carbocycles. The molecule has 0 bridgehead atoms. The molecule has 2 aromatic heterocycles. The molecule has 22 heavy (non-hydrogen) atoms. The largest absolute Gasteiger partial charge is 0.360 e. The molecule has 5 heteroatoms. The average Bonchev–Trinajstić information content (AvgIpc) is 3.14. The minimum absolute atomic E-state index is 0.553. The van der Waals surface area contributed by atoms with Crippen LogP contribution in [0.5, 0.6) is 0 Å². The molecular weight excluding hydrogens is 292 g/mol. The Labute approximate surface area is 134 Å². The maximum Gasteiger partial charge on any atom is 0.214 e. The maximum absolute atomic E-state index is 4.67. The third kappa shape index (κ3) is 2.61. The highest BCUT2D eigenvalue weighted by Crippen LogP contribution is 2.31. The number of hydrogen-bond donors (Lipinski definition) is 1. The van der Waals surface area contributed by atoms with Gasteiger partial charge in [0, 0.05) is 12.1 Å². The summed E-state index contributed by atoms with van der Waals surface area (Å²) in [6, 6.07) is 8.71. The first-order valence-corrected chi connectivity index (χ1v) is 8.71. The average molecular weight is 312 g/mol. The Morgan fingerprint density at radius 2 is 2.05 bits per heavy atom. The lowest BCUT2D eigenvalue weighted by Gasteiger charge is -2.06. The van der Waals surface area contributed by atoms with Gasteiger partial charge in [0.15, 0.2) is 0 Å². The fourth-order valence-electron chi connectivity index (χ4n) is 2.55. The fourth-order valence-corrected chi connectivity index (χ4v) is 3.34. The number of benzene rings is 1. The summed E-state index contributed by atoms with van der Waals surface area (Å²) in [4.78, 5) is 5.44. The Balaban J connectivity index is 1.62. The van der Waals surface area contributed by atoms with Gasteiger partial charge in [-0.1, -0.05) is 49.4 Å². The van der Waals surface area contributed by atoms with Crippen LogP contribution in [-0.4, -0.2) is 21.1 Å². The van der Waals surface area contributed by atoms with E-state index in [0.29, 0.717) is 5.92 Å². The molecule has 1 fully saturated rings. The van der Waals surface area contributed by atoms with Crippen molar-refractivity contribution in [2.24, 2.45) is 5.92 Å². The van der Waals surface area contributed by atoms with Crippen molar-refractivity contribution in [3.63, 3.8) is 0 Å². The highest BCUT2D eigenvalue weighted by molar-refractivity contribution is 7.20. The summed E-state index contributed by atoms with van der Waals surface area (Å²) in [7, 11) is 0. The van der Waals surface area contributed by atoms with Crippen molar-refractivity contribution in [2.45, 2.75) is 32.6 Å². The van der Waals surface area contributed by atoms with Gasteiger partial charge >= 0.3 is 0 Å². The van der Waals surface area contributed by atoms with Crippen LogP contribution in [-0.2, 0) is 0 Å². The van der Waals surface area contributed by atoms with E-state index in [1.165, 1.54) is 18.4 Å². The van der Waals surface area contributed by atoms with Gasteiger partial charge in [-0.25, -0.2) is 9.50 Å². The van der Waals surface area contributed by atoms with E-state index in [1.807, 2.05) is 10.7 Å². The van der Waals surface area contributed by atoms with Crippen LogP contribution in [0.4, 0.5) is 5.13 Å². The van der Waals surface area contributed by atoms with E-state index in [4.69, 9.17) is 0 Å². The van der Waals surface area contributed by atoms with Crippen LogP contribution < -0.4 is 5.32 Å². The Hall–Kier alpha value is -1.88. The summed E-state index contributed by atoms with van der Waals surface area (Å²) in [6.45, 7) is 5.46. The van der Waals surface area contributed by atoms with E-state index < -0.39 is 0 Å². The van der Waals surface area contributed by atoms with E-state index in [2.05, 4.69) is 53.5 Å². The lowest BCUT2D eigenvalue weighted by atomic mass is 10.0. The molecule has 114 valence electrons. The first-order valence-electron chi connectivity index (χ1n) is 7.89. The molecule has 4 rings (SSSR count). The highest BCUT2D eigenvalue weighted by atomic mass is 32.1. The third-order valence-electron chi connectivity index (χ3n) is 4.20. The van der Waals surface area contributed by atoms with Gasteiger partial charge in [0.1, 0.15) is 0 Å². The van der Waals surface area contributed by atoms with Crippen LogP contribution in [0.1, 0.15) is 38.2 Å². The van der Waals surface area contributed by atoms with Crippen LogP contribution in [0.25, 0.3) is 16.2 Å². The van der Waals surface area contributed by atoms with Gasteiger partial charge in [-0.05, 0) is 30.2 Å². The monoisotopic (exact) mass is 312 g/mol. The smallest absolute Gasteiger partial charge is 0.214 e. The molecule has 0 radical (unpaired) electrons. The Morgan fingerprint density at radius 1 is 1.27 bits per heavy atom. The van der Waals surface area contributed by atoms with Crippen molar-refractivity contribution in [1.82, 2.24) is 14.6 Å². The Bertz CT molecular complexity index is 781. The van der Waals surface area contributed by atoms with Crippen LogP contribution in [0, 0.1) is 5.92 Å². The van der Waals surface area contributed by atoms with Gasteiger partial charge in [0.2, 0.25) is 10.1 Å². The van der Waals surface area contributed by atoms with Crippen molar-refractivity contribution in [1.29, 1.82) is 0 Å². The zero-order valence-corrected chi connectivity index (χ0v) is 13.7. The topological polar surface area (TPSA) is 42.2 Å². The van der Waals surface area contributed by atoms with Crippen LogP contribution in [0.3, 0.4) is 0 Å². The number of rotatable bonds is 5. The molecule has 0 aliphatic heterocycles. The SMILES string of the molecule is CC(C)c1ccc(-c2cnc3sc(NCC4CC4)nn23)cc1. The molecule has 3 aromatic rings. The van der Waals surface area contributed by atoms with E-state index in [9.17, 15) is 0 Å². The van der Waals surface area contributed by atoms with Crippen LogP contribution in [0.2, 0.25) is 0 Å². The predicted octanol–water partition coefficient (Wildman–Crippen LogP) is 4.40. The van der Waals surface area contributed by atoms with Crippen molar-refractivity contribution in [3.8, 4) is 11.3 Å². The van der Waals surface area contributed by atoms with Gasteiger partial charge in [-0.3, -0.25) is 0 Å². The Morgan fingerprint density at radius 3 is 2.73 bits per heavy atom. The van der Waals surface area contributed by atoms with E-state index in [0.717, 1.165) is 33.8 Å².